The smallest absolute Gasteiger partial charge is 0.0814 e. The van der Waals surface area contributed by atoms with Gasteiger partial charge in [-0.05, 0) is 11.4 Å². The van der Waals surface area contributed by atoms with Crippen LogP contribution in [-0.2, 0) is 0 Å². The third-order valence-electron chi connectivity index (χ3n) is 1.11. The van der Waals surface area contributed by atoms with Gasteiger partial charge >= 0.3 is 0 Å². The second-order valence-corrected chi connectivity index (χ2v) is 2.65. The van der Waals surface area contributed by atoms with E-state index in [9.17, 15) is 0 Å². The van der Waals surface area contributed by atoms with Crippen LogP contribution < -0.4 is 17.0 Å². The summed E-state index contributed by atoms with van der Waals surface area (Å²) in [6.07, 6.45) is 1.45. The van der Waals surface area contributed by atoms with Gasteiger partial charge in [-0.15, -0.1) is 11.3 Å². The molecule has 4 heteroatoms. The highest BCUT2D eigenvalue weighted by Gasteiger charge is 1.96. The van der Waals surface area contributed by atoms with Gasteiger partial charge in [0.1, 0.15) is 0 Å². The minimum atomic E-state index is 0.759. The zero-order chi connectivity index (χ0) is 7.40. The molecule has 0 aliphatic carbocycles. The van der Waals surface area contributed by atoms with E-state index < -0.39 is 0 Å². The topological polar surface area (TPSA) is 64.1 Å². The fourth-order valence-electron chi connectivity index (χ4n) is 0.633. The highest BCUT2D eigenvalue weighted by molar-refractivity contribution is 7.11. The van der Waals surface area contributed by atoms with Crippen LogP contribution in [0.25, 0.3) is 5.70 Å². The van der Waals surface area contributed by atoms with Crippen LogP contribution in [0.4, 0.5) is 0 Å². The van der Waals surface area contributed by atoms with Crippen LogP contribution in [0.3, 0.4) is 0 Å². The lowest BCUT2D eigenvalue weighted by atomic mass is 10.4. The van der Waals surface area contributed by atoms with Gasteiger partial charge < -0.3 is 11.2 Å². The van der Waals surface area contributed by atoms with E-state index >= 15 is 0 Å². The van der Waals surface area contributed by atoms with Crippen LogP contribution in [0.1, 0.15) is 4.88 Å². The molecule has 0 fully saturated rings. The Hall–Kier alpha value is -1.00. The summed E-state index contributed by atoms with van der Waals surface area (Å²) in [6.45, 7) is 0. The van der Waals surface area contributed by atoms with Gasteiger partial charge in [-0.2, -0.15) is 0 Å². The highest BCUT2D eigenvalue weighted by Crippen LogP contribution is 2.15. The zero-order valence-corrected chi connectivity index (χ0v) is 6.19. The predicted molar refractivity (Wildman–Crippen MR) is 43.8 cm³/mol. The average molecular weight is 155 g/mol. The molecule has 54 valence electrons. The van der Waals surface area contributed by atoms with E-state index in [1.54, 1.807) is 11.3 Å². The summed E-state index contributed by atoms with van der Waals surface area (Å²) in [7, 11) is 0. The highest BCUT2D eigenvalue weighted by atomic mass is 32.1. The maximum absolute atomic E-state index is 5.28. The Labute approximate surface area is 63.3 Å². The molecular weight excluding hydrogens is 146 g/mol. The van der Waals surface area contributed by atoms with Crippen molar-refractivity contribution in [2.24, 2.45) is 11.6 Å². The molecule has 0 aliphatic heterocycles. The van der Waals surface area contributed by atoms with E-state index in [1.807, 2.05) is 17.5 Å². The molecule has 5 N–H and O–H groups in total. The molecule has 1 rings (SSSR count). The Morgan fingerprint density at radius 2 is 2.50 bits per heavy atom. The van der Waals surface area contributed by atoms with Gasteiger partial charge in [-0.25, -0.2) is 0 Å². The normalized spacial score (nSPS) is 11.5. The van der Waals surface area contributed by atoms with E-state index in [0.29, 0.717) is 0 Å². The molecular formula is C6H9N3S. The molecule has 1 heterocycles. The minimum Gasteiger partial charge on any atom is -0.403 e. The van der Waals surface area contributed by atoms with Crippen LogP contribution in [0, 0.1) is 0 Å². The summed E-state index contributed by atoms with van der Waals surface area (Å²) >= 11 is 1.59. The SMILES string of the molecule is N/C=C(\NN)c1cccs1. The molecule has 0 saturated heterocycles. The molecule has 0 aromatic carbocycles. The van der Waals surface area contributed by atoms with Crippen LogP contribution in [0.2, 0.25) is 0 Å². The van der Waals surface area contributed by atoms with Crippen LogP contribution in [0.15, 0.2) is 23.7 Å². The second-order valence-electron chi connectivity index (χ2n) is 1.70. The number of hydrogen-bond acceptors (Lipinski definition) is 4. The maximum Gasteiger partial charge on any atom is 0.0814 e. The first-order valence-corrected chi connectivity index (χ1v) is 3.69. The van der Waals surface area contributed by atoms with Crippen molar-refractivity contribution >= 4 is 17.0 Å². The van der Waals surface area contributed by atoms with Crippen LogP contribution in [-0.4, -0.2) is 0 Å². The standard InChI is InChI=1S/C6H9N3S/c7-4-5(9-8)6-2-1-3-10-6/h1-4,9H,7-8H2/b5-4-. The number of hydrazine groups is 1. The Bertz CT molecular complexity index is 215. The summed E-state index contributed by atoms with van der Waals surface area (Å²) in [4.78, 5) is 1.05. The lowest BCUT2D eigenvalue weighted by Gasteiger charge is -1.99. The monoisotopic (exact) mass is 155 g/mol. The fraction of sp³-hybridized carbons (Fsp3) is 0. The Morgan fingerprint density at radius 1 is 1.70 bits per heavy atom. The molecule has 0 saturated carbocycles. The van der Waals surface area contributed by atoms with Crippen molar-refractivity contribution in [2.45, 2.75) is 0 Å². The number of nitrogens with one attached hydrogen (secondary N) is 1. The van der Waals surface area contributed by atoms with Crippen LogP contribution in [0.5, 0.6) is 0 Å². The van der Waals surface area contributed by atoms with Gasteiger partial charge in [-0.1, -0.05) is 6.07 Å². The van der Waals surface area contributed by atoms with E-state index in [0.717, 1.165) is 10.6 Å². The van der Waals surface area contributed by atoms with Crippen molar-refractivity contribution in [3.8, 4) is 0 Å². The van der Waals surface area contributed by atoms with Gasteiger partial charge in [0.2, 0.25) is 0 Å². The minimum absolute atomic E-state index is 0.759. The molecule has 1 aromatic rings. The first-order valence-electron chi connectivity index (χ1n) is 2.81. The predicted octanol–water partition coefficient (Wildman–Crippen LogP) is 0.468. The molecule has 0 amide bonds. The first kappa shape index (κ1) is 7.11. The van der Waals surface area contributed by atoms with Crippen molar-refractivity contribution in [3.63, 3.8) is 0 Å². The van der Waals surface area contributed by atoms with E-state index in [2.05, 4.69) is 5.43 Å². The van der Waals surface area contributed by atoms with Gasteiger partial charge in [0.15, 0.2) is 0 Å². The Morgan fingerprint density at radius 3 is 2.90 bits per heavy atom. The van der Waals surface area contributed by atoms with E-state index in [-0.39, 0.29) is 0 Å². The van der Waals surface area contributed by atoms with Crippen molar-refractivity contribution in [3.05, 3.63) is 28.6 Å². The summed E-state index contributed by atoms with van der Waals surface area (Å²) in [5, 5.41) is 1.97. The molecule has 0 radical (unpaired) electrons. The van der Waals surface area contributed by atoms with E-state index in [1.165, 1.54) is 6.20 Å². The number of rotatable bonds is 2. The van der Waals surface area contributed by atoms with Crippen molar-refractivity contribution in [1.29, 1.82) is 0 Å². The molecule has 0 unspecified atom stereocenters. The maximum atomic E-state index is 5.28. The molecule has 0 spiro atoms. The first-order chi connectivity index (χ1) is 4.88. The largest absolute Gasteiger partial charge is 0.403 e. The van der Waals surface area contributed by atoms with Gasteiger partial charge in [0.05, 0.1) is 10.6 Å². The third-order valence-corrected chi connectivity index (χ3v) is 2.01. The molecule has 0 aliphatic rings. The number of hydrogen-bond donors (Lipinski definition) is 3. The summed E-state index contributed by atoms with van der Waals surface area (Å²) in [6, 6.07) is 3.89. The third kappa shape index (κ3) is 1.29. The lowest BCUT2D eigenvalue weighted by molar-refractivity contribution is 0.993. The molecule has 1 aromatic heterocycles. The quantitative estimate of drug-likeness (QED) is 0.429. The van der Waals surface area contributed by atoms with E-state index in [4.69, 9.17) is 11.6 Å². The molecule has 0 bridgehead atoms. The summed E-state index contributed by atoms with van der Waals surface area (Å²) in [5.74, 6) is 5.18. The van der Waals surface area contributed by atoms with Crippen molar-refractivity contribution < 1.29 is 0 Å². The number of thiophene rings is 1. The van der Waals surface area contributed by atoms with Gasteiger partial charge in [0, 0.05) is 6.20 Å². The fourth-order valence-corrected chi connectivity index (χ4v) is 1.35. The number of nitrogens with two attached hydrogens (primary N) is 2. The average Bonchev–Trinajstić information content (AvgIpc) is 2.43. The zero-order valence-electron chi connectivity index (χ0n) is 5.37. The summed E-state index contributed by atoms with van der Waals surface area (Å²) < 4.78 is 0. The van der Waals surface area contributed by atoms with Crippen LogP contribution >= 0.6 is 11.3 Å². The van der Waals surface area contributed by atoms with Gasteiger partial charge in [-0.3, -0.25) is 5.84 Å². The molecule has 0 atom stereocenters. The van der Waals surface area contributed by atoms with Crippen molar-refractivity contribution in [2.75, 3.05) is 0 Å². The second kappa shape index (κ2) is 3.24. The lowest BCUT2D eigenvalue weighted by Crippen LogP contribution is -2.20. The Kier molecular flexibility index (Phi) is 2.30. The van der Waals surface area contributed by atoms with Gasteiger partial charge in [0.25, 0.3) is 0 Å². The van der Waals surface area contributed by atoms with Crippen molar-refractivity contribution in [1.82, 2.24) is 5.43 Å². The Balaban J connectivity index is 2.85. The summed E-state index contributed by atoms with van der Waals surface area (Å²) in [5.41, 5.74) is 8.54. The molecule has 10 heavy (non-hydrogen) atoms. The molecule has 3 nitrogen and oxygen atoms in total.